The zero-order chi connectivity index (χ0) is 18.9. The third kappa shape index (κ3) is 3.59. The Labute approximate surface area is 153 Å². The fraction of sp³-hybridized carbons (Fsp3) is 0.400. The molecule has 0 spiro atoms. The van der Waals surface area contributed by atoms with Crippen LogP contribution < -0.4 is 0 Å². The lowest BCUT2D eigenvalue weighted by Crippen LogP contribution is -2.11. The maximum absolute atomic E-state index is 4.22. The van der Waals surface area contributed by atoms with Crippen LogP contribution in [-0.2, 0) is 10.8 Å². The lowest BCUT2D eigenvalue weighted by atomic mass is 9.90. The molecule has 0 fully saturated rings. The third-order valence-corrected chi connectivity index (χ3v) is 4.21. The van der Waals surface area contributed by atoms with Crippen LogP contribution in [0.1, 0.15) is 52.9 Å². The Morgan fingerprint density at radius 3 is 1.85 bits per heavy atom. The van der Waals surface area contributed by atoms with Crippen molar-refractivity contribution in [3.05, 3.63) is 48.3 Å². The van der Waals surface area contributed by atoms with E-state index in [-0.39, 0.29) is 10.8 Å². The third-order valence-electron chi connectivity index (χ3n) is 4.21. The van der Waals surface area contributed by atoms with Gasteiger partial charge in [-0.15, -0.1) is 0 Å². The van der Waals surface area contributed by atoms with Crippen molar-refractivity contribution in [3.8, 4) is 0 Å². The van der Waals surface area contributed by atoms with E-state index < -0.39 is 0 Å². The minimum atomic E-state index is 0.0950. The van der Waals surface area contributed by atoms with Gasteiger partial charge in [-0.3, -0.25) is 20.2 Å². The van der Waals surface area contributed by atoms with Crippen LogP contribution in [0.4, 0.5) is 0 Å². The van der Waals surface area contributed by atoms with Crippen molar-refractivity contribution < 1.29 is 0 Å². The SMILES string of the molecule is CC(C)(C)c1[nH]nc2ccncc12.CC(C)(C)c1[nH]nc2cnccc12. The fourth-order valence-corrected chi connectivity index (χ4v) is 2.86. The lowest BCUT2D eigenvalue weighted by Gasteiger charge is -2.16. The highest BCUT2D eigenvalue weighted by Gasteiger charge is 2.19. The second-order valence-electron chi connectivity index (χ2n) is 8.48. The molecular formula is C20H26N6. The van der Waals surface area contributed by atoms with Gasteiger partial charge >= 0.3 is 0 Å². The minimum absolute atomic E-state index is 0.0950. The Morgan fingerprint density at radius 2 is 1.19 bits per heavy atom. The number of aromatic amines is 2. The van der Waals surface area contributed by atoms with Gasteiger partial charge in [0.2, 0.25) is 0 Å². The maximum Gasteiger partial charge on any atom is 0.111 e. The first kappa shape index (κ1) is 18.0. The summed E-state index contributed by atoms with van der Waals surface area (Å²) in [5, 5.41) is 16.8. The zero-order valence-corrected chi connectivity index (χ0v) is 16.3. The van der Waals surface area contributed by atoms with Gasteiger partial charge in [-0.05, 0) is 12.1 Å². The Morgan fingerprint density at radius 1 is 0.654 bits per heavy atom. The first-order chi connectivity index (χ1) is 12.2. The smallest absolute Gasteiger partial charge is 0.111 e. The van der Waals surface area contributed by atoms with E-state index in [1.807, 2.05) is 18.3 Å². The number of hydrogen-bond acceptors (Lipinski definition) is 4. The van der Waals surface area contributed by atoms with Crippen LogP contribution >= 0.6 is 0 Å². The van der Waals surface area contributed by atoms with Gasteiger partial charge in [-0.25, -0.2) is 0 Å². The van der Waals surface area contributed by atoms with Gasteiger partial charge in [-0.1, -0.05) is 41.5 Å². The summed E-state index contributed by atoms with van der Waals surface area (Å²) in [6.45, 7) is 13.0. The summed E-state index contributed by atoms with van der Waals surface area (Å²) in [6, 6.07) is 3.92. The Hall–Kier alpha value is -2.76. The lowest BCUT2D eigenvalue weighted by molar-refractivity contribution is 0.571. The molecule has 6 heteroatoms. The van der Waals surface area contributed by atoms with Crippen LogP contribution in [-0.4, -0.2) is 30.4 Å². The van der Waals surface area contributed by atoms with E-state index in [9.17, 15) is 0 Å². The van der Waals surface area contributed by atoms with E-state index in [4.69, 9.17) is 0 Å². The van der Waals surface area contributed by atoms with Gasteiger partial charge in [0.05, 0.1) is 11.7 Å². The second-order valence-corrected chi connectivity index (χ2v) is 8.48. The van der Waals surface area contributed by atoms with Gasteiger partial charge in [0, 0.05) is 51.6 Å². The van der Waals surface area contributed by atoms with Gasteiger partial charge in [0.15, 0.2) is 0 Å². The normalized spacial score (nSPS) is 12.2. The molecule has 0 aliphatic heterocycles. The standard InChI is InChI=1S/2C10H13N3/c1-10(2,3)9-7-6-11-5-4-8(7)12-13-9;1-10(2,3)9-7-4-5-11-6-8(7)12-13-9/h2*4-6H,1-3H3,(H,12,13). The minimum Gasteiger partial charge on any atom is -0.281 e. The molecule has 0 unspecified atom stereocenters. The van der Waals surface area contributed by atoms with Gasteiger partial charge in [0.1, 0.15) is 5.52 Å². The van der Waals surface area contributed by atoms with Crippen molar-refractivity contribution >= 4 is 21.8 Å². The van der Waals surface area contributed by atoms with Gasteiger partial charge < -0.3 is 0 Å². The molecular weight excluding hydrogens is 324 g/mol. The Kier molecular flexibility index (Phi) is 4.52. The molecule has 0 saturated carbocycles. The molecule has 0 radical (unpaired) electrons. The number of nitrogens with one attached hydrogen (secondary N) is 2. The van der Waals surface area contributed by atoms with Crippen molar-refractivity contribution in [1.29, 1.82) is 0 Å². The average molecular weight is 350 g/mol. The number of aromatic nitrogens is 6. The molecule has 0 aliphatic rings. The van der Waals surface area contributed by atoms with Gasteiger partial charge in [0.25, 0.3) is 0 Å². The summed E-state index contributed by atoms with van der Waals surface area (Å²) in [4.78, 5) is 8.13. The summed E-state index contributed by atoms with van der Waals surface area (Å²) >= 11 is 0. The van der Waals surface area contributed by atoms with Crippen LogP contribution in [0.15, 0.2) is 36.9 Å². The van der Waals surface area contributed by atoms with Crippen molar-refractivity contribution in [2.45, 2.75) is 52.4 Å². The summed E-state index contributed by atoms with van der Waals surface area (Å²) in [6.07, 6.45) is 7.20. The quantitative estimate of drug-likeness (QED) is 0.489. The molecule has 4 heterocycles. The number of nitrogens with zero attached hydrogens (tertiary/aromatic N) is 4. The topological polar surface area (TPSA) is 83.1 Å². The summed E-state index contributed by atoms with van der Waals surface area (Å²) in [5.74, 6) is 0. The molecule has 0 bridgehead atoms. The van der Waals surface area contributed by atoms with E-state index in [1.165, 1.54) is 11.1 Å². The van der Waals surface area contributed by atoms with Crippen molar-refractivity contribution in [2.24, 2.45) is 0 Å². The molecule has 0 atom stereocenters. The summed E-state index contributed by atoms with van der Waals surface area (Å²) in [5.41, 5.74) is 4.45. The first-order valence-corrected chi connectivity index (χ1v) is 8.75. The first-order valence-electron chi connectivity index (χ1n) is 8.75. The highest BCUT2D eigenvalue weighted by molar-refractivity contribution is 5.81. The summed E-state index contributed by atoms with van der Waals surface area (Å²) in [7, 11) is 0. The van der Waals surface area contributed by atoms with Crippen LogP contribution in [0.2, 0.25) is 0 Å². The number of H-pyrrole nitrogens is 2. The number of pyridine rings is 2. The van der Waals surface area contributed by atoms with E-state index in [0.717, 1.165) is 22.1 Å². The van der Waals surface area contributed by atoms with Crippen LogP contribution in [0.25, 0.3) is 21.8 Å². The molecule has 0 saturated heterocycles. The van der Waals surface area contributed by atoms with E-state index in [2.05, 4.69) is 71.9 Å². The molecule has 4 aromatic rings. The summed E-state index contributed by atoms with van der Waals surface area (Å²) < 4.78 is 0. The predicted molar refractivity (Wildman–Crippen MR) is 105 cm³/mol. The average Bonchev–Trinajstić information content (AvgIpc) is 3.19. The highest BCUT2D eigenvalue weighted by Crippen LogP contribution is 2.27. The molecule has 0 aromatic carbocycles. The van der Waals surface area contributed by atoms with Gasteiger partial charge in [-0.2, -0.15) is 10.2 Å². The fourth-order valence-electron chi connectivity index (χ4n) is 2.86. The zero-order valence-electron chi connectivity index (χ0n) is 16.3. The molecule has 136 valence electrons. The number of hydrogen-bond donors (Lipinski definition) is 2. The predicted octanol–water partition coefficient (Wildman–Crippen LogP) is 4.51. The number of rotatable bonds is 0. The van der Waals surface area contributed by atoms with E-state index in [1.54, 1.807) is 18.6 Å². The highest BCUT2D eigenvalue weighted by atomic mass is 15.1. The number of fused-ring (bicyclic) bond motifs is 2. The Balaban J connectivity index is 0.000000151. The molecule has 26 heavy (non-hydrogen) atoms. The van der Waals surface area contributed by atoms with Crippen molar-refractivity contribution in [1.82, 2.24) is 30.4 Å². The van der Waals surface area contributed by atoms with Crippen molar-refractivity contribution in [2.75, 3.05) is 0 Å². The molecule has 6 nitrogen and oxygen atoms in total. The Bertz CT molecular complexity index is 930. The second kappa shape index (κ2) is 6.52. The molecule has 2 N–H and O–H groups in total. The van der Waals surface area contributed by atoms with Crippen LogP contribution in [0, 0.1) is 0 Å². The molecule has 0 aliphatic carbocycles. The molecule has 0 amide bonds. The maximum atomic E-state index is 4.22. The van der Waals surface area contributed by atoms with E-state index in [0.29, 0.717) is 0 Å². The van der Waals surface area contributed by atoms with Crippen LogP contribution in [0.3, 0.4) is 0 Å². The van der Waals surface area contributed by atoms with Crippen LogP contribution in [0.5, 0.6) is 0 Å². The van der Waals surface area contributed by atoms with Crippen molar-refractivity contribution in [3.63, 3.8) is 0 Å². The monoisotopic (exact) mass is 350 g/mol. The molecule has 4 rings (SSSR count). The molecule has 4 aromatic heterocycles. The van der Waals surface area contributed by atoms with E-state index >= 15 is 0 Å². The largest absolute Gasteiger partial charge is 0.281 e.